The highest BCUT2D eigenvalue weighted by Gasteiger charge is 2.54. The molecule has 0 aliphatic heterocycles. The van der Waals surface area contributed by atoms with Gasteiger partial charge in [0, 0.05) is 17.0 Å². The third-order valence-electron chi connectivity index (χ3n) is 2.07. The third kappa shape index (κ3) is 1.65. The van der Waals surface area contributed by atoms with E-state index in [4.69, 9.17) is 5.73 Å². The Morgan fingerprint density at radius 1 is 1.50 bits per heavy atom. The number of aryl methyl sites for hydroxylation is 1. The van der Waals surface area contributed by atoms with Crippen LogP contribution in [0.25, 0.3) is 0 Å². The normalized spacial score (nSPS) is 16.7. The van der Waals surface area contributed by atoms with Crippen LogP contribution in [0.4, 0.5) is 13.2 Å². The molecule has 0 spiro atoms. The topological polar surface area (TPSA) is 46.2 Å². The van der Waals surface area contributed by atoms with Gasteiger partial charge >= 0.3 is 6.18 Å². The number of hydrogen-bond donors (Lipinski definition) is 2. The van der Waals surface area contributed by atoms with Crippen molar-refractivity contribution in [2.75, 3.05) is 6.54 Å². The lowest BCUT2D eigenvalue weighted by Gasteiger charge is -2.29. The number of thiophene rings is 1. The van der Waals surface area contributed by atoms with Gasteiger partial charge in [-0.1, -0.05) is 0 Å². The van der Waals surface area contributed by atoms with Crippen LogP contribution in [0.5, 0.6) is 0 Å². The van der Waals surface area contributed by atoms with Crippen LogP contribution in [0.3, 0.4) is 0 Å². The summed E-state index contributed by atoms with van der Waals surface area (Å²) >= 11 is 1.15. The summed E-state index contributed by atoms with van der Waals surface area (Å²) in [6.45, 7) is 0.653. The zero-order valence-electron chi connectivity index (χ0n) is 7.43. The van der Waals surface area contributed by atoms with Crippen molar-refractivity contribution in [1.82, 2.24) is 0 Å². The van der Waals surface area contributed by atoms with Crippen LogP contribution in [0, 0.1) is 6.92 Å². The Morgan fingerprint density at radius 3 is 2.36 bits per heavy atom. The molecule has 2 nitrogen and oxygen atoms in total. The van der Waals surface area contributed by atoms with E-state index in [1.807, 2.05) is 0 Å². The van der Waals surface area contributed by atoms with Gasteiger partial charge < -0.3 is 10.8 Å². The van der Waals surface area contributed by atoms with Gasteiger partial charge in [-0.3, -0.25) is 0 Å². The molecule has 1 atom stereocenters. The first-order valence-electron chi connectivity index (χ1n) is 3.86. The number of hydrogen-bond acceptors (Lipinski definition) is 3. The number of aliphatic hydroxyl groups is 1. The third-order valence-corrected chi connectivity index (χ3v) is 2.91. The Hall–Kier alpha value is -0.590. The Kier molecular flexibility index (Phi) is 2.89. The summed E-state index contributed by atoms with van der Waals surface area (Å²) in [5, 5.41) is 11.0. The van der Waals surface area contributed by atoms with Crippen LogP contribution in [0.1, 0.15) is 10.4 Å². The molecule has 0 bridgehead atoms. The summed E-state index contributed by atoms with van der Waals surface area (Å²) in [4.78, 5) is 0.426. The maximum Gasteiger partial charge on any atom is 0.422 e. The van der Waals surface area contributed by atoms with Crippen molar-refractivity contribution >= 4 is 11.3 Å². The molecule has 1 unspecified atom stereocenters. The van der Waals surface area contributed by atoms with Gasteiger partial charge in [0.1, 0.15) is 0 Å². The average molecular weight is 225 g/mol. The lowest BCUT2D eigenvalue weighted by atomic mass is 9.94. The van der Waals surface area contributed by atoms with Gasteiger partial charge in [-0.25, -0.2) is 0 Å². The molecule has 0 aliphatic carbocycles. The largest absolute Gasteiger partial charge is 0.422 e. The second-order valence-electron chi connectivity index (χ2n) is 2.95. The molecular weight excluding hydrogens is 215 g/mol. The highest BCUT2D eigenvalue weighted by Crippen LogP contribution is 2.40. The van der Waals surface area contributed by atoms with Gasteiger partial charge in [-0.15, -0.1) is 11.3 Å². The number of halogens is 3. The lowest BCUT2D eigenvalue weighted by molar-refractivity contribution is -0.262. The molecule has 14 heavy (non-hydrogen) atoms. The van der Waals surface area contributed by atoms with Crippen LogP contribution >= 0.6 is 11.3 Å². The van der Waals surface area contributed by atoms with E-state index in [0.717, 1.165) is 11.3 Å². The summed E-state index contributed by atoms with van der Waals surface area (Å²) in [5.74, 6) is 0. The summed E-state index contributed by atoms with van der Waals surface area (Å²) in [6.07, 6.45) is -4.74. The second-order valence-corrected chi connectivity index (χ2v) is 4.07. The molecule has 6 heteroatoms. The van der Waals surface area contributed by atoms with Gasteiger partial charge in [-0.2, -0.15) is 13.2 Å². The summed E-state index contributed by atoms with van der Waals surface area (Å²) < 4.78 is 37.6. The first-order valence-corrected chi connectivity index (χ1v) is 4.74. The van der Waals surface area contributed by atoms with Crippen LogP contribution < -0.4 is 5.73 Å². The molecule has 0 aliphatic rings. The molecule has 0 fully saturated rings. The predicted molar refractivity (Wildman–Crippen MR) is 48.1 cm³/mol. The first kappa shape index (κ1) is 11.5. The van der Waals surface area contributed by atoms with E-state index in [-0.39, 0.29) is 5.56 Å². The minimum atomic E-state index is -4.74. The number of alkyl halides is 3. The Balaban J connectivity index is 3.22. The first-order chi connectivity index (χ1) is 6.33. The number of nitrogens with two attached hydrogens (primary N) is 1. The molecule has 3 N–H and O–H groups in total. The fraction of sp³-hybridized carbons (Fsp3) is 0.500. The minimum Gasteiger partial charge on any atom is -0.375 e. The fourth-order valence-corrected chi connectivity index (χ4v) is 1.96. The molecule has 1 heterocycles. The van der Waals surface area contributed by atoms with E-state index >= 15 is 0 Å². The van der Waals surface area contributed by atoms with Crippen molar-refractivity contribution in [3.8, 4) is 0 Å². The SMILES string of the molecule is Cc1sccc1C(O)(CN)C(F)(F)F. The monoisotopic (exact) mass is 225 g/mol. The quantitative estimate of drug-likeness (QED) is 0.805. The molecule has 1 aromatic heterocycles. The van der Waals surface area contributed by atoms with Crippen LogP contribution in [0.2, 0.25) is 0 Å². The molecule has 0 saturated carbocycles. The van der Waals surface area contributed by atoms with Crippen LogP contribution in [0.15, 0.2) is 11.4 Å². The van der Waals surface area contributed by atoms with Crippen LogP contribution in [-0.4, -0.2) is 17.8 Å². The molecule has 1 rings (SSSR count). The van der Waals surface area contributed by atoms with E-state index in [2.05, 4.69) is 0 Å². The van der Waals surface area contributed by atoms with E-state index in [0.29, 0.717) is 4.88 Å². The molecule has 1 aromatic rings. The molecule has 80 valence electrons. The van der Waals surface area contributed by atoms with Crippen molar-refractivity contribution in [3.05, 3.63) is 21.9 Å². The molecule has 0 aromatic carbocycles. The molecule has 0 amide bonds. The number of rotatable bonds is 2. The zero-order chi connectivity index (χ0) is 11.0. The molecule has 0 saturated heterocycles. The van der Waals surface area contributed by atoms with Gasteiger partial charge in [0.05, 0.1) is 0 Å². The second kappa shape index (κ2) is 3.52. The highest BCUT2D eigenvalue weighted by atomic mass is 32.1. The van der Waals surface area contributed by atoms with Gasteiger partial charge in [-0.05, 0) is 18.4 Å². The van der Waals surface area contributed by atoms with Crippen molar-refractivity contribution in [2.24, 2.45) is 5.73 Å². The fourth-order valence-electron chi connectivity index (χ4n) is 1.19. The zero-order valence-corrected chi connectivity index (χ0v) is 8.25. The predicted octanol–water partition coefficient (Wildman–Crippen LogP) is 1.77. The summed E-state index contributed by atoms with van der Waals surface area (Å²) in [7, 11) is 0. The maximum atomic E-state index is 12.5. The van der Waals surface area contributed by atoms with E-state index in [9.17, 15) is 18.3 Å². The average Bonchev–Trinajstić information content (AvgIpc) is 2.48. The van der Waals surface area contributed by atoms with Gasteiger partial charge in [0.15, 0.2) is 5.60 Å². The van der Waals surface area contributed by atoms with Crippen molar-refractivity contribution in [2.45, 2.75) is 18.7 Å². The minimum absolute atomic E-state index is 0.155. The van der Waals surface area contributed by atoms with Gasteiger partial charge in [0.2, 0.25) is 0 Å². The maximum absolute atomic E-state index is 12.5. The van der Waals surface area contributed by atoms with E-state index in [1.165, 1.54) is 18.4 Å². The Bertz CT molecular complexity index is 323. The molecule has 0 radical (unpaired) electrons. The Morgan fingerprint density at radius 2 is 2.07 bits per heavy atom. The van der Waals surface area contributed by atoms with Crippen molar-refractivity contribution < 1.29 is 18.3 Å². The van der Waals surface area contributed by atoms with E-state index in [1.54, 1.807) is 0 Å². The summed E-state index contributed by atoms with van der Waals surface area (Å²) in [6, 6.07) is 1.25. The summed E-state index contributed by atoms with van der Waals surface area (Å²) in [5.41, 5.74) is 1.91. The van der Waals surface area contributed by atoms with Gasteiger partial charge in [0.25, 0.3) is 0 Å². The lowest BCUT2D eigenvalue weighted by Crippen LogP contribution is -2.48. The molecular formula is C8H10F3NOS. The van der Waals surface area contributed by atoms with Crippen LogP contribution in [-0.2, 0) is 5.60 Å². The van der Waals surface area contributed by atoms with E-state index < -0.39 is 18.3 Å². The highest BCUT2D eigenvalue weighted by molar-refractivity contribution is 7.10. The smallest absolute Gasteiger partial charge is 0.375 e. The Labute approximate surface area is 83.2 Å². The van der Waals surface area contributed by atoms with Crippen molar-refractivity contribution in [1.29, 1.82) is 0 Å². The standard InChI is InChI=1S/C8H10F3NOS/c1-5-6(2-3-14-5)7(13,4-12)8(9,10)11/h2-3,13H,4,12H2,1H3. The van der Waals surface area contributed by atoms with Crippen molar-refractivity contribution in [3.63, 3.8) is 0 Å².